The summed E-state index contributed by atoms with van der Waals surface area (Å²) in [5, 5.41) is 29.1. The summed E-state index contributed by atoms with van der Waals surface area (Å²) in [5.41, 5.74) is 9.46. The maximum absolute atomic E-state index is 10.9. The highest BCUT2D eigenvalue weighted by atomic mass is 16.3. The van der Waals surface area contributed by atoms with Gasteiger partial charge in [-0.05, 0) is 55.6 Å². The first-order valence-corrected chi connectivity index (χ1v) is 9.91. The van der Waals surface area contributed by atoms with Crippen LogP contribution in [0.15, 0.2) is 28.5 Å². The van der Waals surface area contributed by atoms with Crippen molar-refractivity contribution in [1.82, 2.24) is 4.90 Å². The monoisotopic (exact) mass is 392 g/mol. The van der Waals surface area contributed by atoms with Gasteiger partial charge < -0.3 is 21.3 Å². The van der Waals surface area contributed by atoms with Gasteiger partial charge >= 0.3 is 0 Å². The summed E-state index contributed by atoms with van der Waals surface area (Å²) in [6, 6.07) is 5.38. The lowest BCUT2D eigenvalue weighted by Gasteiger charge is -2.36. The van der Waals surface area contributed by atoms with E-state index in [1.807, 2.05) is 6.07 Å². The van der Waals surface area contributed by atoms with Gasteiger partial charge in [0.05, 0.1) is 18.4 Å². The molecular formula is C19H32N6O3. The Morgan fingerprint density at radius 3 is 2.86 bits per heavy atom. The molecular weight excluding hydrogens is 360 g/mol. The quantitative estimate of drug-likeness (QED) is 0.121. The van der Waals surface area contributed by atoms with Gasteiger partial charge in [0.25, 0.3) is 0 Å². The molecule has 0 spiro atoms. The molecule has 0 aromatic heterocycles. The summed E-state index contributed by atoms with van der Waals surface area (Å²) in [5.74, 6) is 0. The second-order valence-corrected chi connectivity index (χ2v) is 7.10. The topological polar surface area (TPSA) is 136 Å². The lowest BCUT2D eigenvalue weighted by atomic mass is 9.99. The lowest BCUT2D eigenvalue weighted by molar-refractivity contribution is 0.0163. The molecule has 1 saturated heterocycles. The first-order chi connectivity index (χ1) is 13.7. The van der Waals surface area contributed by atoms with Gasteiger partial charge in [-0.2, -0.15) is 5.10 Å². The highest BCUT2D eigenvalue weighted by Crippen LogP contribution is 2.28. The Bertz CT molecular complexity index is 628. The Morgan fingerprint density at radius 2 is 2.11 bits per heavy atom. The van der Waals surface area contributed by atoms with Gasteiger partial charge in [0.15, 0.2) is 0 Å². The van der Waals surface area contributed by atoms with E-state index in [4.69, 9.17) is 5.73 Å². The van der Waals surface area contributed by atoms with E-state index in [0.29, 0.717) is 12.1 Å². The van der Waals surface area contributed by atoms with E-state index in [-0.39, 0.29) is 24.4 Å². The fraction of sp³-hybridized carbons (Fsp3) is 0.632. The van der Waals surface area contributed by atoms with Crippen LogP contribution in [0.3, 0.4) is 0 Å². The largest absolute Gasteiger partial charge is 0.395 e. The van der Waals surface area contributed by atoms with Gasteiger partial charge in [-0.1, -0.05) is 12.8 Å². The van der Waals surface area contributed by atoms with Crippen molar-refractivity contribution in [3.8, 4) is 0 Å². The van der Waals surface area contributed by atoms with Crippen molar-refractivity contribution in [1.29, 1.82) is 0 Å². The molecule has 1 aromatic carbocycles. The minimum Gasteiger partial charge on any atom is -0.395 e. The number of rotatable bonds is 12. The van der Waals surface area contributed by atoms with E-state index >= 15 is 0 Å². The van der Waals surface area contributed by atoms with Gasteiger partial charge in [0.2, 0.25) is 0 Å². The SMILES string of the molecule is N/C=N\Nc1ccc(NCCCCCCN2CC[C@@H](O)C[C@H]2CO)cc1N=O. The van der Waals surface area contributed by atoms with Crippen molar-refractivity contribution < 1.29 is 10.2 Å². The normalized spacial score (nSPS) is 20.4. The number of nitrogens with zero attached hydrogens (tertiary/aromatic N) is 3. The number of nitroso groups, excluding NO2 is 1. The number of aliphatic hydroxyl groups excluding tert-OH is 2. The smallest absolute Gasteiger partial charge is 0.135 e. The Balaban J connectivity index is 1.62. The number of piperidine rings is 1. The van der Waals surface area contributed by atoms with Crippen LogP contribution in [0.2, 0.25) is 0 Å². The van der Waals surface area contributed by atoms with Crippen LogP contribution in [0, 0.1) is 4.91 Å². The Morgan fingerprint density at radius 1 is 1.29 bits per heavy atom. The summed E-state index contributed by atoms with van der Waals surface area (Å²) >= 11 is 0. The van der Waals surface area contributed by atoms with Crippen molar-refractivity contribution in [2.45, 2.75) is 50.7 Å². The molecule has 0 bridgehead atoms. The van der Waals surface area contributed by atoms with Gasteiger partial charge in [0, 0.05) is 24.8 Å². The molecule has 2 atom stereocenters. The van der Waals surface area contributed by atoms with Crippen LogP contribution in [-0.2, 0) is 0 Å². The van der Waals surface area contributed by atoms with Crippen LogP contribution in [0.4, 0.5) is 17.1 Å². The standard InChI is InChI=1S/C19H32N6O3/c20-14-22-23-18-6-5-15(11-19(18)24-28)21-8-3-1-2-4-9-25-10-7-17(27)12-16(25)13-26/h5-6,11,14,16-17,21,23,26-27H,1-4,7-10,12-13H2,(H2,20,22)/t16-,17+/m0/s1. The number of nitrogens with two attached hydrogens (primary N) is 1. The van der Waals surface area contributed by atoms with E-state index in [9.17, 15) is 15.1 Å². The summed E-state index contributed by atoms with van der Waals surface area (Å²) in [6.45, 7) is 2.77. The Labute approximate surface area is 166 Å². The van der Waals surface area contributed by atoms with E-state index in [1.54, 1.807) is 12.1 Å². The number of anilines is 2. The van der Waals surface area contributed by atoms with Gasteiger partial charge in [0.1, 0.15) is 12.0 Å². The average Bonchev–Trinajstić information content (AvgIpc) is 2.72. The summed E-state index contributed by atoms with van der Waals surface area (Å²) in [7, 11) is 0. The molecule has 9 nitrogen and oxygen atoms in total. The van der Waals surface area contributed by atoms with Crippen molar-refractivity contribution >= 4 is 23.4 Å². The molecule has 156 valence electrons. The number of hydrazone groups is 1. The third-order valence-electron chi connectivity index (χ3n) is 5.08. The molecule has 1 aliphatic heterocycles. The number of aliphatic hydroxyl groups is 2. The summed E-state index contributed by atoms with van der Waals surface area (Å²) in [6.07, 6.45) is 6.66. The molecule has 6 N–H and O–H groups in total. The summed E-state index contributed by atoms with van der Waals surface area (Å²) in [4.78, 5) is 13.2. The number of benzene rings is 1. The maximum atomic E-state index is 10.9. The molecule has 1 aromatic rings. The number of nitrogens with one attached hydrogen (secondary N) is 2. The lowest BCUT2D eigenvalue weighted by Crippen LogP contribution is -2.46. The predicted molar refractivity (Wildman–Crippen MR) is 113 cm³/mol. The van der Waals surface area contributed by atoms with Gasteiger partial charge in [-0.15, -0.1) is 4.91 Å². The number of hydrogen-bond donors (Lipinski definition) is 5. The molecule has 9 heteroatoms. The van der Waals surface area contributed by atoms with E-state index < -0.39 is 0 Å². The van der Waals surface area contributed by atoms with Crippen molar-refractivity contribution in [2.24, 2.45) is 16.0 Å². The minimum absolute atomic E-state index is 0.0963. The second-order valence-electron chi connectivity index (χ2n) is 7.10. The fourth-order valence-corrected chi connectivity index (χ4v) is 3.51. The molecule has 1 aliphatic rings. The van der Waals surface area contributed by atoms with E-state index in [2.05, 4.69) is 25.9 Å². The number of likely N-dealkylation sites (tertiary alicyclic amines) is 1. The molecule has 0 unspecified atom stereocenters. The van der Waals surface area contributed by atoms with Crippen LogP contribution in [0.5, 0.6) is 0 Å². The molecule has 28 heavy (non-hydrogen) atoms. The van der Waals surface area contributed by atoms with Crippen molar-refractivity contribution in [2.75, 3.05) is 37.0 Å². The maximum Gasteiger partial charge on any atom is 0.135 e. The van der Waals surface area contributed by atoms with Crippen LogP contribution < -0.4 is 16.5 Å². The van der Waals surface area contributed by atoms with Crippen LogP contribution >= 0.6 is 0 Å². The molecule has 0 amide bonds. The summed E-state index contributed by atoms with van der Waals surface area (Å²) < 4.78 is 0. The van der Waals surface area contributed by atoms with E-state index in [1.165, 1.54) is 0 Å². The zero-order valence-corrected chi connectivity index (χ0v) is 16.3. The number of hydrogen-bond acceptors (Lipinski definition) is 8. The molecule has 0 saturated carbocycles. The highest BCUT2D eigenvalue weighted by molar-refractivity contribution is 5.71. The first-order valence-electron chi connectivity index (χ1n) is 9.91. The van der Waals surface area contributed by atoms with Gasteiger partial charge in [-0.3, -0.25) is 10.3 Å². The van der Waals surface area contributed by atoms with E-state index in [0.717, 1.165) is 63.8 Å². The Hall–Kier alpha value is -2.23. The highest BCUT2D eigenvalue weighted by Gasteiger charge is 2.26. The molecule has 2 rings (SSSR count). The minimum atomic E-state index is -0.271. The third-order valence-corrected chi connectivity index (χ3v) is 5.08. The zero-order chi connectivity index (χ0) is 20.2. The first kappa shape index (κ1) is 22.1. The molecule has 0 aliphatic carbocycles. The van der Waals surface area contributed by atoms with Crippen LogP contribution in [0.25, 0.3) is 0 Å². The molecule has 1 fully saturated rings. The van der Waals surface area contributed by atoms with Crippen LogP contribution in [0.1, 0.15) is 38.5 Å². The van der Waals surface area contributed by atoms with Crippen LogP contribution in [-0.4, -0.2) is 59.8 Å². The average molecular weight is 393 g/mol. The zero-order valence-electron chi connectivity index (χ0n) is 16.3. The number of unbranched alkanes of at least 4 members (excludes halogenated alkanes) is 3. The fourth-order valence-electron chi connectivity index (χ4n) is 3.51. The molecule has 1 heterocycles. The molecule has 0 radical (unpaired) electrons. The predicted octanol–water partition coefficient (Wildman–Crippen LogP) is 2.19. The van der Waals surface area contributed by atoms with Crippen molar-refractivity contribution in [3.63, 3.8) is 0 Å². The Kier molecular flexibility index (Phi) is 9.67. The second kappa shape index (κ2) is 12.3. The van der Waals surface area contributed by atoms with Gasteiger partial charge in [-0.25, -0.2) is 0 Å². The van der Waals surface area contributed by atoms with Crippen molar-refractivity contribution in [3.05, 3.63) is 23.1 Å². The third kappa shape index (κ3) is 7.06.